The van der Waals surface area contributed by atoms with Crippen molar-refractivity contribution in [2.45, 2.75) is 60.1 Å². The van der Waals surface area contributed by atoms with Crippen LogP contribution in [0.1, 0.15) is 69.4 Å². The van der Waals surface area contributed by atoms with Crippen LogP contribution in [-0.4, -0.2) is 35.8 Å². The van der Waals surface area contributed by atoms with E-state index in [4.69, 9.17) is 9.47 Å². The monoisotopic (exact) mass is 545 g/mol. The Morgan fingerprint density at radius 1 is 1.05 bits per heavy atom. The summed E-state index contributed by atoms with van der Waals surface area (Å²) in [5, 5.41) is 6.15. The number of carbonyl (C=O) groups is 2. The van der Waals surface area contributed by atoms with Crippen LogP contribution in [0.2, 0.25) is 0 Å². The Kier molecular flexibility index (Phi) is 10.4. The largest absolute Gasteiger partial charge is 0.444 e. The minimum Gasteiger partial charge on any atom is -0.444 e. The lowest BCUT2D eigenvalue weighted by atomic mass is 9.96. The molecule has 3 rings (SSSR count). The summed E-state index contributed by atoms with van der Waals surface area (Å²) in [6.45, 7) is 12.6. The highest BCUT2D eigenvalue weighted by atomic mass is 16.6. The third-order valence-electron chi connectivity index (χ3n) is 5.99. The van der Waals surface area contributed by atoms with Crippen LogP contribution in [-0.2, 0) is 16.0 Å². The Morgan fingerprint density at radius 3 is 2.50 bits per heavy atom. The fourth-order valence-corrected chi connectivity index (χ4v) is 4.08. The number of anilines is 1. The molecule has 0 radical (unpaired) electrons. The van der Waals surface area contributed by atoms with Crippen LogP contribution in [0.4, 0.5) is 10.5 Å². The van der Waals surface area contributed by atoms with Gasteiger partial charge in [-0.2, -0.15) is 0 Å². The van der Waals surface area contributed by atoms with Crippen molar-refractivity contribution < 1.29 is 19.1 Å². The molecule has 1 heterocycles. The van der Waals surface area contributed by atoms with Crippen molar-refractivity contribution in [2.75, 3.05) is 18.5 Å². The van der Waals surface area contributed by atoms with Crippen LogP contribution < -0.4 is 16.1 Å². The van der Waals surface area contributed by atoms with E-state index >= 15 is 0 Å². The van der Waals surface area contributed by atoms with Crippen LogP contribution >= 0.6 is 0 Å². The predicted molar refractivity (Wildman–Crippen MR) is 161 cm³/mol. The zero-order chi connectivity index (χ0) is 29.3. The number of rotatable bonds is 10. The molecule has 0 unspecified atom stereocenters. The lowest BCUT2D eigenvalue weighted by Gasteiger charge is -2.20. The molecule has 0 spiro atoms. The Morgan fingerprint density at radius 2 is 1.80 bits per heavy atom. The first-order valence-electron chi connectivity index (χ1n) is 13.5. The predicted octanol–water partition coefficient (Wildman–Crippen LogP) is 6.58. The first-order chi connectivity index (χ1) is 19.0. The van der Waals surface area contributed by atoms with Gasteiger partial charge in [-0.15, -0.1) is 0 Å². The minimum atomic E-state index is -0.622. The molecule has 0 aliphatic carbocycles. The van der Waals surface area contributed by atoms with Gasteiger partial charge in [-0.1, -0.05) is 43.3 Å². The molecule has 3 N–H and O–H groups in total. The van der Waals surface area contributed by atoms with Crippen molar-refractivity contribution in [3.05, 3.63) is 93.3 Å². The van der Waals surface area contributed by atoms with E-state index in [1.165, 1.54) is 6.20 Å². The Balaban J connectivity index is 2.04. The molecule has 40 heavy (non-hydrogen) atoms. The fraction of sp³-hybridized carbons (Fsp3) is 0.344. The number of nitrogens with one attached hydrogen (secondary N) is 3. The van der Waals surface area contributed by atoms with Gasteiger partial charge in [0.15, 0.2) is 0 Å². The summed E-state index contributed by atoms with van der Waals surface area (Å²) < 4.78 is 11.0. The van der Waals surface area contributed by atoms with Gasteiger partial charge >= 0.3 is 6.09 Å². The van der Waals surface area contributed by atoms with Gasteiger partial charge in [0, 0.05) is 41.5 Å². The summed E-state index contributed by atoms with van der Waals surface area (Å²) in [7, 11) is 0. The molecule has 0 atom stereocenters. The van der Waals surface area contributed by atoms with Crippen LogP contribution in [0.15, 0.2) is 71.2 Å². The maximum atomic E-state index is 13.5. The van der Waals surface area contributed by atoms with Gasteiger partial charge in [-0.3, -0.25) is 9.59 Å². The lowest BCUT2D eigenvalue weighted by Crippen LogP contribution is -2.32. The number of aromatic nitrogens is 1. The topological polar surface area (TPSA) is 110 Å². The van der Waals surface area contributed by atoms with Crippen molar-refractivity contribution in [2.24, 2.45) is 0 Å². The smallest absolute Gasteiger partial charge is 0.407 e. The van der Waals surface area contributed by atoms with Crippen LogP contribution in [0.3, 0.4) is 0 Å². The molecule has 0 saturated carbocycles. The average Bonchev–Trinajstić information content (AvgIpc) is 2.91. The van der Waals surface area contributed by atoms with Crippen molar-refractivity contribution >= 4 is 34.2 Å². The number of carbonyl (C=O) groups excluding carboxylic acids is 2. The number of benzene rings is 2. The zero-order valence-corrected chi connectivity index (χ0v) is 24.1. The van der Waals surface area contributed by atoms with E-state index in [0.29, 0.717) is 29.8 Å². The zero-order valence-electron chi connectivity index (χ0n) is 24.1. The van der Waals surface area contributed by atoms with Gasteiger partial charge in [-0.25, -0.2) is 4.79 Å². The van der Waals surface area contributed by atoms with Gasteiger partial charge < -0.3 is 25.1 Å². The second-order valence-corrected chi connectivity index (χ2v) is 10.4. The standard InChI is InChI=1S/C32H39N3O5/c1-7-9-12-23(21(3)20-39-8-2)24-16-15-22(18-34-31(38)40-32(4,5)6)17-28(24)35-30(37)26-19-33-27-14-11-10-13-25(27)29(26)36/h9-17,19H,7-8,18,20H2,1-6H3,(H,33,36)(H,34,38)(H,35,37)/b12-9-,23-21-. The van der Waals surface area contributed by atoms with Crippen molar-refractivity contribution in [3.8, 4) is 0 Å². The molecular weight excluding hydrogens is 506 g/mol. The number of allylic oxidation sites excluding steroid dienone is 3. The molecule has 0 aliphatic heterocycles. The number of alkyl carbamates (subject to hydrolysis) is 1. The fourth-order valence-electron chi connectivity index (χ4n) is 4.08. The Bertz CT molecular complexity index is 1480. The number of para-hydroxylation sites is 1. The highest BCUT2D eigenvalue weighted by molar-refractivity contribution is 6.07. The number of amides is 2. The number of fused-ring (bicyclic) bond motifs is 1. The minimum absolute atomic E-state index is 0.00241. The molecule has 3 aromatic rings. The molecule has 8 heteroatoms. The lowest BCUT2D eigenvalue weighted by molar-refractivity contribution is 0.0523. The summed E-state index contributed by atoms with van der Waals surface area (Å²) in [4.78, 5) is 41.9. The maximum Gasteiger partial charge on any atom is 0.407 e. The number of H-pyrrole nitrogens is 1. The van der Waals surface area contributed by atoms with Crippen molar-refractivity contribution in [1.82, 2.24) is 10.3 Å². The summed E-state index contributed by atoms with van der Waals surface area (Å²) in [5.41, 5.74) is 3.60. The maximum absolute atomic E-state index is 13.5. The van der Waals surface area contributed by atoms with E-state index in [1.807, 2.05) is 51.1 Å². The van der Waals surface area contributed by atoms with Crippen LogP contribution in [0.25, 0.3) is 16.5 Å². The molecule has 0 aliphatic rings. The first-order valence-corrected chi connectivity index (χ1v) is 13.5. The average molecular weight is 546 g/mol. The quantitative estimate of drug-likeness (QED) is 0.249. The molecule has 2 aromatic carbocycles. The first kappa shape index (κ1) is 30.4. The second-order valence-electron chi connectivity index (χ2n) is 10.4. The van der Waals surface area contributed by atoms with E-state index in [9.17, 15) is 14.4 Å². The van der Waals surface area contributed by atoms with Crippen LogP contribution in [0, 0.1) is 0 Å². The Labute approximate surface area is 235 Å². The van der Waals surface area contributed by atoms with Gasteiger partial charge in [0.1, 0.15) is 11.2 Å². The number of hydrogen-bond donors (Lipinski definition) is 3. The van der Waals surface area contributed by atoms with E-state index in [2.05, 4.69) is 15.6 Å². The normalized spacial score (nSPS) is 12.3. The van der Waals surface area contributed by atoms with Gasteiger partial charge in [0.05, 0.1) is 6.61 Å². The van der Waals surface area contributed by atoms with E-state index < -0.39 is 17.6 Å². The van der Waals surface area contributed by atoms with Gasteiger partial charge in [0.2, 0.25) is 5.43 Å². The highest BCUT2D eigenvalue weighted by Gasteiger charge is 2.19. The summed E-state index contributed by atoms with van der Waals surface area (Å²) in [6.07, 6.45) is 5.78. The van der Waals surface area contributed by atoms with Crippen molar-refractivity contribution in [3.63, 3.8) is 0 Å². The molecule has 0 fully saturated rings. The molecule has 0 saturated heterocycles. The van der Waals surface area contributed by atoms with E-state index in [1.54, 1.807) is 45.0 Å². The van der Waals surface area contributed by atoms with E-state index in [0.717, 1.165) is 28.7 Å². The molecule has 212 valence electrons. The molecule has 2 amide bonds. The third kappa shape index (κ3) is 8.16. The molecule has 1 aromatic heterocycles. The highest BCUT2D eigenvalue weighted by Crippen LogP contribution is 2.30. The number of hydrogen-bond acceptors (Lipinski definition) is 5. The molecule has 0 bridgehead atoms. The number of ether oxygens (including phenoxy) is 2. The SMILES string of the molecule is CC/C=C\C(=C(/C)COCC)c1ccc(CNC(=O)OC(C)(C)C)cc1NC(=O)c1c[nH]c2ccccc2c1=O. The number of aromatic amines is 1. The third-order valence-corrected chi connectivity index (χ3v) is 5.99. The second kappa shape index (κ2) is 13.8. The van der Waals surface area contributed by atoms with Gasteiger partial charge in [-0.05, 0) is 75.9 Å². The van der Waals surface area contributed by atoms with Crippen molar-refractivity contribution in [1.29, 1.82) is 0 Å². The molecule has 8 nitrogen and oxygen atoms in total. The van der Waals surface area contributed by atoms with Crippen LogP contribution in [0.5, 0.6) is 0 Å². The molecular formula is C32H39N3O5. The summed E-state index contributed by atoms with van der Waals surface area (Å²) >= 11 is 0. The van der Waals surface area contributed by atoms with Gasteiger partial charge in [0.25, 0.3) is 5.91 Å². The number of pyridine rings is 1. The summed E-state index contributed by atoms with van der Waals surface area (Å²) in [5.74, 6) is -0.535. The summed E-state index contributed by atoms with van der Waals surface area (Å²) in [6, 6.07) is 12.6. The van der Waals surface area contributed by atoms with E-state index in [-0.39, 0.29) is 17.5 Å². The Hall–Kier alpha value is -4.17.